The van der Waals surface area contributed by atoms with Crippen LogP contribution in [-0.2, 0) is 12.6 Å². The van der Waals surface area contributed by atoms with E-state index in [-0.39, 0.29) is 17.4 Å². The summed E-state index contributed by atoms with van der Waals surface area (Å²) in [5, 5.41) is 0. The van der Waals surface area contributed by atoms with Crippen molar-refractivity contribution in [2.75, 3.05) is 6.61 Å². The highest BCUT2D eigenvalue weighted by Gasteiger charge is 2.34. The smallest absolute Gasteiger partial charge is 0.417 e. The van der Waals surface area contributed by atoms with Gasteiger partial charge in [-0.2, -0.15) is 13.2 Å². The van der Waals surface area contributed by atoms with Gasteiger partial charge in [0.2, 0.25) is 0 Å². The van der Waals surface area contributed by atoms with Crippen LogP contribution in [0.3, 0.4) is 0 Å². The molecular weight excluding hydrogens is 341 g/mol. The predicted molar refractivity (Wildman–Crippen MR) is 95.5 cm³/mol. The summed E-state index contributed by atoms with van der Waals surface area (Å²) < 4.78 is 44.9. The average Bonchev–Trinajstić information content (AvgIpc) is 2.53. The maximum atomic E-state index is 13.1. The lowest BCUT2D eigenvalue weighted by Crippen LogP contribution is -2.14. The van der Waals surface area contributed by atoms with E-state index in [1.165, 1.54) is 18.2 Å². The molecule has 0 radical (unpaired) electrons. The van der Waals surface area contributed by atoms with Gasteiger partial charge in [-0.3, -0.25) is 4.79 Å². The highest BCUT2D eigenvalue weighted by molar-refractivity contribution is 5.99. The van der Waals surface area contributed by atoms with E-state index in [0.29, 0.717) is 17.9 Å². The molecule has 2 aromatic rings. The SMILES string of the molecule is CC(C)(C)CCOc1cccc(CC(=O)c2ccccc2C(F)(F)F)c1. The largest absolute Gasteiger partial charge is 0.494 e. The Labute approximate surface area is 152 Å². The molecule has 0 atom stereocenters. The van der Waals surface area contributed by atoms with Gasteiger partial charge in [-0.1, -0.05) is 51.1 Å². The second-order valence-corrected chi connectivity index (χ2v) is 7.45. The van der Waals surface area contributed by atoms with Crippen LogP contribution in [0.2, 0.25) is 0 Å². The summed E-state index contributed by atoms with van der Waals surface area (Å²) in [6.07, 6.45) is -3.79. The van der Waals surface area contributed by atoms with Crippen molar-refractivity contribution in [3.05, 3.63) is 65.2 Å². The minimum Gasteiger partial charge on any atom is -0.494 e. The van der Waals surface area contributed by atoms with Crippen LogP contribution in [0.15, 0.2) is 48.5 Å². The van der Waals surface area contributed by atoms with Gasteiger partial charge in [0.15, 0.2) is 5.78 Å². The number of ketones is 1. The van der Waals surface area contributed by atoms with Gasteiger partial charge in [-0.05, 0) is 35.6 Å². The van der Waals surface area contributed by atoms with E-state index < -0.39 is 17.5 Å². The van der Waals surface area contributed by atoms with E-state index in [4.69, 9.17) is 4.74 Å². The number of hydrogen-bond donors (Lipinski definition) is 0. The fraction of sp³-hybridized carbons (Fsp3) is 0.381. The Kier molecular flexibility index (Phi) is 6.11. The van der Waals surface area contributed by atoms with Crippen LogP contribution in [0.4, 0.5) is 13.2 Å². The van der Waals surface area contributed by atoms with Gasteiger partial charge in [0.1, 0.15) is 5.75 Å². The third-order valence-electron chi connectivity index (χ3n) is 3.92. The lowest BCUT2D eigenvalue weighted by molar-refractivity contribution is -0.137. The maximum Gasteiger partial charge on any atom is 0.417 e. The van der Waals surface area contributed by atoms with E-state index in [0.717, 1.165) is 12.5 Å². The van der Waals surface area contributed by atoms with Crippen molar-refractivity contribution in [2.45, 2.75) is 39.8 Å². The number of halogens is 3. The quantitative estimate of drug-likeness (QED) is 0.593. The van der Waals surface area contributed by atoms with Gasteiger partial charge in [-0.25, -0.2) is 0 Å². The number of carbonyl (C=O) groups is 1. The molecule has 0 aliphatic carbocycles. The zero-order valence-corrected chi connectivity index (χ0v) is 15.2. The lowest BCUT2D eigenvalue weighted by Gasteiger charge is -2.18. The normalized spacial score (nSPS) is 12.1. The highest BCUT2D eigenvalue weighted by atomic mass is 19.4. The van der Waals surface area contributed by atoms with E-state index in [2.05, 4.69) is 20.8 Å². The first-order chi connectivity index (χ1) is 12.1. The number of rotatable bonds is 6. The third-order valence-corrected chi connectivity index (χ3v) is 3.92. The van der Waals surface area contributed by atoms with Crippen molar-refractivity contribution in [1.29, 1.82) is 0 Å². The molecule has 2 aromatic carbocycles. The first kappa shape index (κ1) is 20.0. The summed E-state index contributed by atoms with van der Waals surface area (Å²) in [6, 6.07) is 11.8. The molecule has 0 unspecified atom stereocenters. The molecule has 0 N–H and O–H groups in total. The molecule has 0 spiro atoms. The Hall–Kier alpha value is -2.30. The summed E-state index contributed by atoms with van der Waals surface area (Å²) >= 11 is 0. The van der Waals surface area contributed by atoms with Gasteiger partial charge in [0, 0.05) is 12.0 Å². The zero-order valence-electron chi connectivity index (χ0n) is 15.2. The third kappa shape index (κ3) is 5.90. The number of alkyl halides is 3. The van der Waals surface area contributed by atoms with Crippen LogP contribution in [0.5, 0.6) is 5.75 Å². The van der Waals surface area contributed by atoms with Crippen molar-refractivity contribution in [1.82, 2.24) is 0 Å². The Morgan fingerprint density at radius 3 is 2.35 bits per heavy atom. The number of ether oxygens (including phenoxy) is 1. The van der Waals surface area contributed by atoms with Crippen LogP contribution < -0.4 is 4.74 Å². The fourth-order valence-electron chi connectivity index (χ4n) is 2.47. The molecule has 0 aromatic heterocycles. The monoisotopic (exact) mass is 364 g/mol. The minimum absolute atomic E-state index is 0.108. The summed E-state index contributed by atoms with van der Waals surface area (Å²) in [7, 11) is 0. The van der Waals surface area contributed by atoms with Gasteiger partial charge in [0.25, 0.3) is 0 Å². The molecule has 0 aliphatic heterocycles. The predicted octanol–water partition coefficient (Wildman–Crippen LogP) is 5.95. The number of Topliss-reactive ketones (excluding diaryl/α,β-unsaturated/α-hetero) is 1. The molecule has 0 bridgehead atoms. The first-order valence-electron chi connectivity index (χ1n) is 8.47. The molecule has 0 aliphatic rings. The van der Waals surface area contributed by atoms with E-state index in [1.807, 2.05) is 0 Å². The first-order valence-corrected chi connectivity index (χ1v) is 8.47. The van der Waals surface area contributed by atoms with Crippen molar-refractivity contribution < 1.29 is 22.7 Å². The second kappa shape index (κ2) is 7.94. The number of carbonyl (C=O) groups excluding carboxylic acids is 1. The minimum atomic E-state index is -4.55. The molecule has 140 valence electrons. The van der Waals surface area contributed by atoms with Gasteiger partial charge >= 0.3 is 6.18 Å². The van der Waals surface area contributed by atoms with Crippen molar-refractivity contribution in [3.63, 3.8) is 0 Å². The zero-order chi connectivity index (χ0) is 19.4. The fourth-order valence-corrected chi connectivity index (χ4v) is 2.47. The van der Waals surface area contributed by atoms with E-state index in [1.54, 1.807) is 24.3 Å². The topological polar surface area (TPSA) is 26.3 Å². The average molecular weight is 364 g/mol. The summed E-state index contributed by atoms with van der Waals surface area (Å²) in [5.74, 6) is 0.0495. The second-order valence-electron chi connectivity index (χ2n) is 7.45. The Morgan fingerprint density at radius 2 is 1.69 bits per heavy atom. The van der Waals surface area contributed by atoms with Gasteiger partial charge in [-0.15, -0.1) is 0 Å². The molecule has 0 amide bonds. The van der Waals surface area contributed by atoms with E-state index in [9.17, 15) is 18.0 Å². The molecular formula is C21H23F3O2. The summed E-state index contributed by atoms with van der Waals surface area (Å²) in [4.78, 5) is 12.4. The number of hydrogen-bond acceptors (Lipinski definition) is 2. The lowest BCUT2D eigenvalue weighted by atomic mass is 9.93. The van der Waals surface area contributed by atoms with Crippen LogP contribution in [0.25, 0.3) is 0 Å². The van der Waals surface area contributed by atoms with Gasteiger partial charge < -0.3 is 4.74 Å². The Balaban J connectivity index is 2.10. The molecule has 2 nitrogen and oxygen atoms in total. The molecule has 5 heteroatoms. The number of benzene rings is 2. The van der Waals surface area contributed by atoms with Crippen LogP contribution in [0.1, 0.15) is 48.7 Å². The highest BCUT2D eigenvalue weighted by Crippen LogP contribution is 2.32. The standard InChI is InChI=1S/C21H23F3O2/c1-20(2,3)11-12-26-16-8-6-7-15(13-16)14-19(25)17-9-4-5-10-18(17)21(22,23)24/h4-10,13H,11-12,14H2,1-3H3. The van der Waals surface area contributed by atoms with Crippen molar-refractivity contribution in [2.24, 2.45) is 5.41 Å². The molecule has 0 fully saturated rings. The Morgan fingerprint density at radius 1 is 1.00 bits per heavy atom. The summed E-state index contributed by atoms with van der Waals surface area (Å²) in [5.41, 5.74) is -0.434. The Bertz CT molecular complexity index is 758. The van der Waals surface area contributed by atoms with Crippen molar-refractivity contribution >= 4 is 5.78 Å². The van der Waals surface area contributed by atoms with Gasteiger partial charge in [0.05, 0.1) is 12.2 Å². The van der Waals surface area contributed by atoms with Crippen LogP contribution in [-0.4, -0.2) is 12.4 Å². The molecule has 0 saturated carbocycles. The molecule has 0 heterocycles. The molecule has 26 heavy (non-hydrogen) atoms. The van der Waals surface area contributed by atoms with Crippen LogP contribution >= 0.6 is 0 Å². The summed E-state index contributed by atoms with van der Waals surface area (Å²) in [6.45, 7) is 6.88. The van der Waals surface area contributed by atoms with E-state index >= 15 is 0 Å². The van der Waals surface area contributed by atoms with Crippen LogP contribution in [0, 0.1) is 5.41 Å². The van der Waals surface area contributed by atoms with Crippen molar-refractivity contribution in [3.8, 4) is 5.75 Å². The molecule has 2 rings (SSSR count). The maximum absolute atomic E-state index is 13.1. The molecule has 0 saturated heterocycles.